The average molecular weight is 1110 g/mol. The van der Waals surface area contributed by atoms with Crippen LogP contribution in [0.25, 0.3) is 0 Å². The Labute approximate surface area is 462 Å². The Kier molecular flexibility index (Phi) is 38.7. The third kappa shape index (κ3) is 26.7. The minimum Gasteiger partial charge on any atom is -0.394 e. The summed E-state index contributed by atoms with van der Waals surface area (Å²) in [6.45, 7) is 1.75. The van der Waals surface area contributed by atoms with E-state index >= 15 is 0 Å². The molecule has 3 rings (SSSR count). The highest BCUT2D eigenvalue weighted by molar-refractivity contribution is 5.76. The molecule has 3 aliphatic rings. The molecule has 0 spiro atoms. The summed E-state index contributed by atoms with van der Waals surface area (Å²) in [7, 11) is 0. The van der Waals surface area contributed by atoms with Crippen LogP contribution in [0.1, 0.15) is 232 Å². The van der Waals surface area contributed by atoms with Crippen LogP contribution in [0.2, 0.25) is 0 Å². The van der Waals surface area contributed by atoms with Crippen LogP contribution in [0.5, 0.6) is 0 Å². The number of aliphatic hydroxyl groups excluding tert-OH is 11. The van der Waals surface area contributed by atoms with Crippen molar-refractivity contribution in [1.29, 1.82) is 0 Å². The summed E-state index contributed by atoms with van der Waals surface area (Å²) < 4.78 is 34.2. The smallest absolute Gasteiger partial charge is 0.220 e. The summed E-state index contributed by atoms with van der Waals surface area (Å²) in [6.07, 6.45) is 13.8. The molecule has 0 radical (unpaired) electrons. The monoisotopic (exact) mass is 1110 g/mol. The van der Waals surface area contributed by atoms with Crippen molar-refractivity contribution in [3.05, 3.63) is 0 Å². The molecule has 17 atom stereocenters. The molecule has 3 fully saturated rings. The molecule has 0 saturated carbocycles. The first-order valence-corrected chi connectivity index (χ1v) is 30.8. The van der Waals surface area contributed by atoms with Gasteiger partial charge in [-0.25, -0.2) is 0 Å². The van der Waals surface area contributed by atoms with Gasteiger partial charge in [-0.2, -0.15) is 0 Å². The second-order valence-corrected chi connectivity index (χ2v) is 22.5. The number of aliphatic hydroxyl groups is 11. The predicted octanol–water partition coefficient (Wildman–Crippen LogP) is 5.60. The molecule has 19 heteroatoms. The van der Waals surface area contributed by atoms with Crippen LogP contribution in [-0.4, -0.2) is 193 Å². The second kappa shape index (κ2) is 42.6. The Hall–Kier alpha value is -1.21. The number of nitrogens with one attached hydrogen (secondary N) is 1. The lowest BCUT2D eigenvalue weighted by Gasteiger charge is -2.48. The van der Waals surface area contributed by atoms with Crippen molar-refractivity contribution in [2.75, 3.05) is 26.4 Å². The topological polar surface area (TPSA) is 307 Å². The van der Waals surface area contributed by atoms with Crippen LogP contribution < -0.4 is 5.32 Å². The normalized spacial score (nSPS) is 30.6. The molecule has 12 N–H and O–H groups in total. The lowest BCUT2D eigenvalue weighted by molar-refractivity contribution is -0.379. The van der Waals surface area contributed by atoms with Crippen molar-refractivity contribution in [3.8, 4) is 0 Å². The molecule has 3 heterocycles. The van der Waals surface area contributed by atoms with Gasteiger partial charge in [0, 0.05) is 6.42 Å². The molecule has 0 bridgehead atoms. The van der Waals surface area contributed by atoms with Gasteiger partial charge in [0.2, 0.25) is 5.91 Å². The van der Waals surface area contributed by atoms with Gasteiger partial charge in [0.25, 0.3) is 0 Å². The largest absolute Gasteiger partial charge is 0.394 e. The third-order valence-corrected chi connectivity index (χ3v) is 15.9. The van der Waals surface area contributed by atoms with E-state index in [1.165, 1.54) is 148 Å². The van der Waals surface area contributed by atoms with E-state index in [1.807, 2.05) is 0 Å². The standard InChI is InChI=1S/C58H111NO18/c1-3-5-7-9-11-12-13-14-15-16-17-18-19-20-21-22-23-24-25-26-27-28-30-31-33-35-42(63)41(59-46(64)36-34-32-29-10-8-6-4-2)40-72-56-52(70)49(67)54(44(38-61)74-56)77-58-53(71)50(68)55(45(39-62)75-58)76-57-51(69)48(66)47(65)43(37-60)73-57/h41-45,47-58,60-63,65-71H,3-40H2,1-2H3,(H,59,64). The molecule has 17 unspecified atom stereocenters. The first kappa shape index (κ1) is 70.1. The number of unbranched alkanes of at least 4 members (excludes halogenated alkanes) is 30. The molecule has 19 nitrogen and oxygen atoms in total. The lowest BCUT2D eigenvalue weighted by atomic mass is 9.96. The summed E-state index contributed by atoms with van der Waals surface area (Å²) in [6, 6.07) is -0.878. The van der Waals surface area contributed by atoms with Crippen LogP contribution in [0, 0.1) is 0 Å². The molecular weight excluding hydrogens is 999 g/mol. The summed E-state index contributed by atoms with van der Waals surface area (Å²) in [5, 5.41) is 120. The Morgan fingerprint density at radius 3 is 1.13 bits per heavy atom. The minimum absolute atomic E-state index is 0.247. The van der Waals surface area contributed by atoms with Crippen molar-refractivity contribution in [1.82, 2.24) is 5.32 Å². The van der Waals surface area contributed by atoms with Crippen LogP contribution in [-0.2, 0) is 33.2 Å². The number of hydrogen-bond acceptors (Lipinski definition) is 18. The highest BCUT2D eigenvalue weighted by atomic mass is 16.8. The number of carbonyl (C=O) groups excluding carboxylic acids is 1. The predicted molar refractivity (Wildman–Crippen MR) is 291 cm³/mol. The zero-order chi connectivity index (χ0) is 56.2. The number of amides is 1. The van der Waals surface area contributed by atoms with Crippen LogP contribution in [0.4, 0.5) is 0 Å². The van der Waals surface area contributed by atoms with E-state index in [2.05, 4.69) is 19.2 Å². The van der Waals surface area contributed by atoms with Crippen LogP contribution >= 0.6 is 0 Å². The first-order valence-electron chi connectivity index (χ1n) is 30.8. The van der Waals surface area contributed by atoms with Crippen LogP contribution in [0.15, 0.2) is 0 Å². The van der Waals surface area contributed by atoms with Crippen LogP contribution in [0.3, 0.4) is 0 Å². The molecule has 77 heavy (non-hydrogen) atoms. The van der Waals surface area contributed by atoms with E-state index < -0.39 is 124 Å². The average Bonchev–Trinajstić information content (AvgIpc) is 3.43. The Morgan fingerprint density at radius 2 is 0.740 bits per heavy atom. The Morgan fingerprint density at radius 1 is 0.416 bits per heavy atom. The first-order chi connectivity index (χ1) is 37.3. The molecule has 0 aromatic carbocycles. The summed E-state index contributed by atoms with van der Waals surface area (Å²) in [4.78, 5) is 13.2. The van der Waals surface area contributed by atoms with Crippen molar-refractivity contribution in [3.63, 3.8) is 0 Å². The van der Waals surface area contributed by atoms with Gasteiger partial charge in [0.1, 0.15) is 73.2 Å². The van der Waals surface area contributed by atoms with Gasteiger partial charge in [0.05, 0.1) is 38.6 Å². The fraction of sp³-hybridized carbons (Fsp3) is 0.983. The maximum absolute atomic E-state index is 13.2. The van der Waals surface area contributed by atoms with Gasteiger partial charge in [0.15, 0.2) is 18.9 Å². The number of ether oxygens (including phenoxy) is 6. The zero-order valence-corrected chi connectivity index (χ0v) is 47.5. The Balaban J connectivity index is 1.40. The van der Waals surface area contributed by atoms with Gasteiger partial charge in [-0.15, -0.1) is 0 Å². The molecule has 456 valence electrons. The van der Waals surface area contributed by atoms with Crippen molar-refractivity contribution in [2.45, 2.75) is 336 Å². The maximum atomic E-state index is 13.2. The Bertz CT molecular complexity index is 1420. The number of hydrogen-bond donors (Lipinski definition) is 12. The number of rotatable bonds is 46. The quantitative estimate of drug-likeness (QED) is 0.0330. The van der Waals surface area contributed by atoms with E-state index in [0.717, 1.165) is 51.4 Å². The molecule has 3 saturated heterocycles. The van der Waals surface area contributed by atoms with Gasteiger partial charge < -0.3 is 89.9 Å². The van der Waals surface area contributed by atoms with Gasteiger partial charge in [-0.05, 0) is 12.8 Å². The fourth-order valence-electron chi connectivity index (χ4n) is 10.8. The maximum Gasteiger partial charge on any atom is 0.220 e. The van der Waals surface area contributed by atoms with E-state index in [4.69, 9.17) is 28.4 Å². The highest BCUT2D eigenvalue weighted by Crippen LogP contribution is 2.33. The second-order valence-electron chi connectivity index (χ2n) is 22.5. The molecule has 0 aliphatic carbocycles. The summed E-state index contributed by atoms with van der Waals surface area (Å²) in [5.74, 6) is -0.247. The van der Waals surface area contributed by atoms with E-state index in [-0.39, 0.29) is 18.9 Å². The van der Waals surface area contributed by atoms with Crippen molar-refractivity contribution < 1.29 is 89.4 Å². The fourth-order valence-corrected chi connectivity index (χ4v) is 10.8. The van der Waals surface area contributed by atoms with Gasteiger partial charge in [-0.3, -0.25) is 4.79 Å². The van der Waals surface area contributed by atoms with Gasteiger partial charge in [-0.1, -0.05) is 213 Å². The summed E-state index contributed by atoms with van der Waals surface area (Å²) >= 11 is 0. The molecule has 0 aromatic rings. The van der Waals surface area contributed by atoms with Crippen molar-refractivity contribution >= 4 is 5.91 Å². The molecule has 1 amide bonds. The SMILES string of the molecule is CCCCCCCCCCCCCCCCCCCCCCCCCCCC(O)C(COC1OC(CO)C(OC2OC(CO)C(OC3OC(CO)C(O)C(O)C3O)C(O)C2O)C(O)C1O)NC(=O)CCCCCCCCC. The lowest BCUT2D eigenvalue weighted by Crippen LogP contribution is -2.66. The van der Waals surface area contributed by atoms with Crippen molar-refractivity contribution in [2.24, 2.45) is 0 Å². The zero-order valence-electron chi connectivity index (χ0n) is 47.5. The third-order valence-electron chi connectivity index (χ3n) is 15.9. The highest BCUT2D eigenvalue weighted by Gasteiger charge is 2.53. The summed E-state index contributed by atoms with van der Waals surface area (Å²) in [5.41, 5.74) is 0. The molecule has 3 aliphatic heterocycles. The van der Waals surface area contributed by atoms with E-state index in [1.54, 1.807) is 0 Å². The van der Waals surface area contributed by atoms with E-state index in [0.29, 0.717) is 12.8 Å². The molecule has 0 aromatic heterocycles. The van der Waals surface area contributed by atoms with Gasteiger partial charge >= 0.3 is 0 Å². The van der Waals surface area contributed by atoms with E-state index in [9.17, 15) is 61.0 Å². The molecular formula is C58H111NO18. The number of carbonyl (C=O) groups is 1. The minimum atomic E-state index is -1.97.